The van der Waals surface area contributed by atoms with Crippen molar-refractivity contribution < 1.29 is 19.1 Å². The van der Waals surface area contributed by atoms with Gasteiger partial charge in [-0.2, -0.15) is 0 Å². The van der Waals surface area contributed by atoms with Crippen molar-refractivity contribution in [3.63, 3.8) is 0 Å². The lowest BCUT2D eigenvalue weighted by molar-refractivity contribution is -0.165. The molecule has 0 spiro atoms. The van der Waals surface area contributed by atoms with Gasteiger partial charge < -0.3 is 9.47 Å². The summed E-state index contributed by atoms with van der Waals surface area (Å²) < 4.78 is 11.6. The Morgan fingerprint density at radius 2 is 2.00 bits per heavy atom. The Bertz CT molecular complexity index is 714. The van der Waals surface area contributed by atoms with Crippen LogP contribution in [0.15, 0.2) is 36.0 Å². The maximum atomic E-state index is 12.8. The van der Waals surface area contributed by atoms with Crippen molar-refractivity contribution in [2.45, 2.75) is 78.9 Å². The number of cyclic esters (lactones) is 1. The maximum Gasteiger partial charge on any atom is 0.330 e. The average Bonchev–Trinajstić information content (AvgIpc) is 2.67. The molecule has 0 saturated heterocycles. The Morgan fingerprint density at radius 3 is 2.69 bits per heavy atom. The Balaban J connectivity index is 1.77. The average molecular weight is 401 g/mol. The normalized spacial score (nSPS) is 34.2. The number of allylic oxidation sites excluding steroid dienone is 3. The lowest BCUT2D eigenvalue weighted by Gasteiger charge is -2.44. The number of fused-ring (bicyclic) bond motifs is 1. The quantitative estimate of drug-likeness (QED) is 0.561. The second-order valence-corrected chi connectivity index (χ2v) is 9.74. The molecular weight excluding hydrogens is 364 g/mol. The molecular formula is C25H36O4. The molecule has 0 saturated carbocycles. The number of carbonyl (C=O) groups is 2. The lowest BCUT2D eigenvalue weighted by atomic mass is 9.65. The predicted octanol–water partition coefficient (Wildman–Crippen LogP) is 5.39. The van der Waals surface area contributed by atoms with Crippen molar-refractivity contribution in [1.29, 1.82) is 0 Å². The van der Waals surface area contributed by atoms with Gasteiger partial charge in [0.1, 0.15) is 12.2 Å². The summed E-state index contributed by atoms with van der Waals surface area (Å²) >= 11 is 0. The maximum absolute atomic E-state index is 12.8. The fraction of sp³-hybridized carbons (Fsp3) is 0.680. The van der Waals surface area contributed by atoms with Gasteiger partial charge in [-0.1, -0.05) is 45.1 Å². The molecule has 0 bridgehead atoms. The molecule has 4 nitrogen and oxygen atoms in total. The molecule has 3 rings (SSSR count). The van der Waals surface area contributed by atoms with E-state index in [1.54, 1.807) is 0 Å². The second-order valence-electron chi connectivity index (χ2n) is 9.74. The van der Waals surface area contributed by atoms with Gasteiger partial charge >= 0.3 is 11.9 Å². The molecule has 0 fully saturated rings. The number of ether oxygens (including phenoxy) is 2. The van der Waals surface area contributed by atoms with E-state index < -0.39 is 5.41 Å². The van der Waals surface area contributed by atoms with Gasteiger partial charge in [0.2, 0.25) is 0 Å². The van der Waals surface area contributed by atoms with Crippen LogP contribution in [0, 0.1) is 29.1 Å². The third-order valence-electron chi connectivity index (χ3n) is 7.05. The van der Waals surface area contributed by atoms with Crippen LogP contribution in [0.2, 0.25) is 0 Å². The van der Waals surface area contributed by atoms with Gasteiger partial charge in [-0.3, -0.25) is 4.79 Å². The summed E-state index contributed by atoms with van der Waals surface area (Å²) in [6, 6.07) is 0. The number of hydrogen-bond acceptors (Lipinski definition) is 4. The first kappa shape index (κ1) is 21.9. The van der Waals surface area contributed by atoms with E-state index in [4.69, 9.17) is 9.47 Å². The summed E-state index contributed by atoms with van der Waals surface area (Å²) in [6.45, 7) is 10.4. The highest BCUT2D eigenvalue weighted by molar-refractivity contribution is 5.82. The molecule has 4 heteroatoms. The Hall–Kier alpha value is -1.84. The van der Waals surface area contributed by atoms with Crippen LogP contribution in [-0.4, -0.2) is 24.1 Å². The first-order chi connectivity index (χ1) is 13.7. The summed E-state index contributed by atoms with van der Waals surface area (Å²) in [7, 11) is 0. The van der Waals surface area contributed by atoms with Crippen LogP contribution in [0.1, 0.15) is 66.7 Å². The minimum atomic E-state index is -0.460. The highest BCUT2D eigenvalue weighted by atomic mass is 16.5. The van der Waals surface area contributed by atoms with Crippen molar-refractivity contribution in [3.05, 3.63) is 36.0 Å². The minimum Gasteiger partial charge on any atom is -0.461 e. The number of rotatable bonds is 6. The molecule has 0 aromatic heterocycles. The zero-order chi connectivity index (χ0) is 21.2. The van der Waals surface area contributed by atoms with Gasteiger partial charge in [0.25, 0.3) is 0 Å². The van der Waals surface area contributed by atoms with E-state index in [1.807, 2.05) is 26.8 Å². The van der Waals surface area contributed by atoms with Crippen molar-refractivity contribution in [2.75, 3.05) is 0 Å². The second kappa shape index (κ2) is 8.89. The molecule has 6 atom stereocenters. The molecule has 1 aliphatic heterocycles. The summed E-state index contributed by atoms with van der Waals surface area (Å²) in [5.74, 6) is 1.07. The van der Waals surface area contributed by atoms with Gasteiger partial charge in [-0.25, -0.2) is 4.79 Å². The van der Waals surface area contributed by atoms with E-state index in [9.17, 15) is 9.59 Å². The van der Waals surface area contributed by atoms with Crippen molar-refractivity contribution in [3.8, 4) is 0 Å². The first-order valence-electron chi connectivity index (χ1n) is 11.2. The highest BCUT2D eigenvalue weighted by Gasteiger charge is 2.43. The Morgan fingerprint density at radius 1 is 1.24 bits per heavy atom. The van der Waals surface area contributed by atoms with E-state index in [-0.39, 0.29) is 30.1 Å². The molecule has 160 valence electrons. The number of carbonyl (C=O) groups excluding carboxylic acids is 2. The van der Waals surface area contributed by atoms with Crippen molar-refractivity contribution in [2.24, 2.45) is 29.1 Å². The zero-order valence-electron chi connectivity index (χ0n) is 18.5. The topological polar surface area (TPSA) is 52.6 Å². The van der Waals surface area contributed by atoms with E-state index in [0.29, 0.717) is 17.8 Å². The molecule has 0 aromatic rings. The molecule has 2 aliphatic carbocycles. The standard InChI is InChI=1S/C25H36O4/c1-6-25(4,5)24(27)29-21-15-16(2)14-18-11-10-17(3)20(23(18)21)13-12-19-8-7-9-22(26)28-19/h7,9-11,14,16-17,19-21,23H,6,8,12-13,15H2,1-5H3/t16-,17-,19?,20-,21-,23?/m0/s1. The monoisotopic (exact) mass is 400 g/mol. The first-order valence-corrected chi connectivity index (χ1v) is 11.2. The van der Waals surface area contributed by atoms with E-state index in [2.05, 4.69) is 32.1 Å². The number of hydrogen-bond donors (Lipinski definition) is 0. The van der Waals surface area contributed by atoms with Crippen LogP contribution in [0.5, 0.6) is 0 Å². The summed E-state index contributed by atoms with van der Waals surface area (Å²) in [5.41, 5.74) is 0.846. The van der Waals surface area contributed by atoms with Gasteiger partial charge in [0, 0.05) is 18.4 Å². The molecule has 2 unspecified atom stereocenters. The fourth-order valence-electron chi connectivity index (χ4n) is 4.79. The zero-order valence-corrected chi connectivity index (χ0v) is 18.5. The molecule has 0 amide bonds. The number of esters is 2. The van der Waals surface area contributed by atoms with Gasteiger partial charge in [-0.15, -0.1) is 0 Å². The fourth-order valence-corrected chi connectivity index (χ4v) is 4.79. The molecule has 0 radical (unpaired) electrons. The largest absolute Gasteiger partial charge is 0.461 e. The van der Waals surface area contributed by atoms with Crippen molar-refractivity contribution in [1.82, 2.24) is 0 Å². The molecule has 29 heavy (non-hydrogen) atoms. The molecule has 0 N–H and O–H groups in total. The third-order valence-corrected chi connectivity index (χ3v) is 7.05. The Labute approximate surface area is 175 Å². The third kappa shape index (κ3) is 5.02. The van der Waals surface area contributed by atoms with Crippen LogP contribution in [0.25, 0.3) is 0 Å². The Kier molecular flexibility index (Phi) is 6.70. The van der Waals surface area contributed by atoms with Crippen LogP contribution >= 0.6 is 0 Å². The lowest BCUT2D eigenvalue weighted by Crippen LogP contribution is -2.43. The summed E-state index contributed by atoms with van der Waals surface area (Å²) in [5, 5.41) is 0. The summed E-state index contributed by atoms with van der Waals surface area (Å²) in [6.07, 6.45) is 14.4. The van der Waals surface area contributed by atoms with Crippen LogP contribution < -0.4 is 0 Å². The van der Waals surface area contributed by atoms with Gasteiger partial charge in [0.05, 0.1) is 5.41 Å². The van der Waals surface area contributed by atoms with E-state index in [1.165, 1.54) is 11.6 Å². The van der Waals surface area contributed by atoms with Crippen LogP contribution in [-0.2, 0) is 19.1 Å². The van der Waals surface area contributed by atoms with E-state index in [0.717, 1.165) is 32.1 Å². The van der Waals surface area contributed by atoms with Crippen LogP contribution in [0.3, 0.4) is 0 Å². The highest BCUT2D eigenvalue weighted by Crippen LogP contribution is 2.45. The molecule has 3 aliphatic rings. The molecule has 0 aromatic carbocycles. The minimum absolute atomic E-state index is 0.0411. The van der Waals surface area contributed by atoms with E-state index >= 15 is 0 Å². The van der Waals surface area contributed by atoms with Crippen LogP contribution in [0.4, 0.5) is 0 Å². The summed E-state index contributed by atoms with van der Waals surface area (Å²) in [4.78, 5) is 24.4. The SMILES string of the molecule is CCC(C)(C)C(=O)O[C@H]1C[C@@H](C)C=C2C=C[C@H](C)[C@H](CCC3CC=CC(=O)O3)C21. The smallest absolute Gasteiger partial charge is 0.330 e. The molecule has 1 heterocycles. The van der Waals surface area contributed by atoms with Gasteiger partial charge in [0.15, 0.2) is 0 Å². The van der Waals surface area contributed by atoms with Gasteiger partial charge in [-0.05, 0) is 62.9 Å². The predicted molar refractivity (Wildman–Crippen MR) is 114 cm³/mol. The van der Waals surface area contributed by atoms with Crippen molar-refractivity contribution >= 4 is 11.9 Å².